The molecule has 0 radical (unpaired) electrons. The van der Waals surface area contributed by atoms with Gasteiger partial charge in [0.2, 0.25) is 0 Å². The molecule has 2 aliphatic rings. The number of nitrogens with zero attached hydrogens (tertiary/aromatic N) is 4. The van der Waals surface area contributed by atoms with Gasteiger partial charge >= 0.3 is 6.03 Å². The number of carbonyl (C=O) groups is 2. The average Bonchev–Trinajstić information content (AvgIpc) is 2.93. The van der Waals surface area contributed by atoms with Crippen molar-refractivity contribution < 1.29 is 18.4 Å². The lowest BCUT2D eigenvalue weighted by atomic mass is 10.3. The van der Waals surface area contributed by atoms with E-state index in [1.54, 1.807) is 0 Å². The minimum absolute atomic E-state index is 0.0641. The number of amides is 3. The number of carbonyl (C=O) groups excluding carboxylic acids is 2. The van der Waals surface area contributed by atoms with Gasteiger partial charge in [-0.25, -0.2) is 18.6 Å². The van der Waals surface area contributed by atoms with Crippen LogP contribution in [0.1, 0.15) is 0 Å². The summed E-state index contributed by atoms with van der Waals surface area (Å²) in [6.45, 7) is 3.82. The van der Waals surface area contributed by atoms with Crippen LogP contribution < -0.4 is 10.3 Å². The van der Waals surface area contributed by atoms with E-state index in [0.29, 0.717) is 13.1 Å². The molecule has 3 amide bonds. The van der Waals surface area contributed by atoms with E-state index < -0.39 is 11.6 Å². The quantitative estimate of drug-likeness (QED) is 0.856. The predicted molar refractivity (Wildman–Crippen MR) is 87.9 cm³/mol. The number of benzene rings is 1. The van der Waals surface area contributed by atoms with E-state index in [9.17, 15) is 18.4 Å². The molecule has 2 aliphatic heterocycles. The normalized spacial score (nSPS) is 19.6. The Morgan fingerprint density at radius 3 is 2.48 bits per heavy atom. The third kappa shape index (κ3) is 4.05. The van der Waals surface area contributed by atoms with Crippen molar-refractivity contribution in [2.75, 3.05) is 57.8 Å². The second kappa shape index (κ2) is 7.32. The zero-order chi connectivity index (χ0) is 18.0. The lowest BCUT2D eigenvalue weighted by Gasteiger charge is -2.32. The maximum Gasteiger partial charge on any atom is 0.325 e. The molecule has 9 heteroatoms. The summed E-state index contributed by atoms with van der Waals surface area (Å²) in [4.78, 5) is 29.5. The van der Waals surface area contributed by atoms with Crippen molar-refractivity contribution in [3.63, 3.8) is 0 Å². The molecule has 2 saturated heterocycles. The lowest BCUT2D eigenvalue weighted by molar-refractivity contribution is -0.127. The molecule has 2 fully saturated rings. The molecule has 1 aromatic carbocycles. The van der Waals surface area contributed by atoms with Gasteiger partial charge in [0.25, 0.3) is 5.91 Å². The van der Waals surface area contributed by atoms with Gasteiger partial charge < -0.3 is 9.80 Å². The van der Waals surface area contributed by atoms with Gasteiger partial charge in [-0.2, -0.15) is 0 Å². The molecule has 0 atom stereocenters. The number of rotatable bonds is 4. The number of nitrogens with one attached hydrogen (secondary N) is 1. The van der Waals surface area contributed by atoms with Crippen molar-refractivity contribution in [1.29, 1.82) is 0 Å². The Bertz CT molecular complexity index is 664. The Balaban J connectivity index is 1.54. The largest absolute Gasteiger partial charge is 0.325 e. The monoisotopic (exact) mass is 353 g/mol. The zero-order valence-electron chi connectivity index (χ0n) is 14.0. The van der Waals surface area contributed by atoms with Crippen LogP contribution in [0.4, 0.5) is 19.3 Å². The second-order valence-electron chi connectivity index (χ2n) is 6.28. The van der Waals surface area contributed by atoms with Crippen molar-refractivity contribution >= 4 is 17.6 Å². The third-order valence-electron chi connectivity index (χ3n) is 4.43. The average molecular weight is 353 g/mol. The van der Waals surface area contributed by atoms with Gasteiger partial charge in [-0.1, -0.05) is 0 Å². The van der Waals surface area contributed by atoms with E-state index in [2.05, 4.69) is 10.3 Å². The van der Waals surface area contributed by atoms with Crippen LogP contribution >= 0.6 is 0 Å². The van der Waals surface area contributed by atoms with E-state index in [4.69, 9.17) is 0 Å². The summed E-state index contributed by atoms with van der Waals surface area (Å²) in [5.74, 6) is -2.22. The van der Waals surface area contributed by atoms with Gasteiger partial charge in [0.05, 0.1) is 0 Å². The molecule has 1 N–H and O–H groups in total. The van der Waals surface area contributed by atoms with E-state index in [1.807, 2.05) is 12.1 Å². The van der Waals surface area contributed by atoms with Crippen molar-refractivity contribution in [2.24, 2.45) is 0 Å². The number of hydrogen-bond acceptors (Lipinski definition) is 4. The fourth-order valence-corrected chi connectivity index (χ4v) is 2.93. The summed E-state index contributed by atoms with van der Waals surface area (Å²) in [7, 11) is 2.02. The van der Waals surface area contributed by atoms with Crippen LogP contribution in [-0.4, -0.2) is 79.6 Å². The van der Waals surface area contributed by atoms with Crippen molar-refractivity contribution in [2.45, 2.75) is 0 Å². The first-order valence-electron chi connectivity index (χ1n) is 8.18. The molecule has 0 aromatic heterocycles. The van der Waals surface area contributed by atoms with Crippen LogP contribution in [0.15, 0.2) is 18.2 Å². The number of anilines is 1. The molecule has 0 bridgehead atoms. The number of hydrazine groups is 1. The number of urea groups is 1. The van der Waals surface area contributed by atoms with Gasteiger partial charge in [-0.3, -0.25) is 15.1 Å². The Labute approximate surface area is 144 Å². The fraction of sp³-hybridized carbons (Fsp3) is 0.500. The van der Waals surface area contributed by atoms with Gasteiger partial charge in [-0.05, 0) is 19.2 Å². The van der Waals surface area contributed by atoms with Crippen LogP contribution in [-0.2, 0) is 4.79 Å². The number of likely N-dealkylation sites (N-methyl/N-ethyl adjacent to an activating group) is 1. The fourth-order valence-electron chi connectivity index (χ4n) is 2.93. The highest BCUT2D eigenvalue weighted by Gasteiger charge is 2.31. The Kier molecular flexibility index (Phi) is 5.14. The van der Waals surface area contributed by atoms with Crippen LogP contribution in [0, 0.1) is 11.6 Å². The molecule has 1 aromatic rings. The van der Waals surface area contributed by atoms with E-state index >= 15 is 0 Å². The molecule has 0 saturated carbocycles. The summed E-state index contributed by atoms with van der Waals surface area (Å²) in [6.07, 6.45) is 0. The summed E-state index contributed by atoms with van der Waals surface area (Å²) in [5, 5.41) is 1.84. The van der Waals surface area contributed by atoms with E-state index in [1.165, 1.54) is 15.9 Å². The van der Waals surface area contributed by atoms with Gasteiger partial charge in [0.15, 0.2) is 11.6 Å². The standard InChI is InChI=1S/C16H21F2N5O2/c1-20-4-7-22(8-5-20)19-15(24)11-21-6-9-23(16(21)25)12-2-3-13(17)14(18)10-12/h2-3,10H,4-9,11H2,1H3,(H,19,24). The highest BCUT2D eigenvalue weighted by Crippen LogP contribution is 2.22. The molecule has 25 heavy (non-hydrogen) atoms. The van der Waals surface area contributed by atoms with Crippen LogP contribution in [0.2, 0.25) is 0 Å². The van der Waals surface area contributed by atoms with Crippen molar-refractivity contribution in [1.82, 2.24) is 20.2 Å². The number of hydrogen-bond donors (Lipinski definition) is 1. The molecule has 3 rings (SSSR count). The maximum atomic E-state index is 13.4. The van der Waals surface area contributed by atoms with Gasteiger partial charge in [0, 0.05) is 51.0 Å². The SMILES string of the molecule is CN1CCN(NC(=O)CN2CCN(c3ccc(F)c(F)c3)C2=O)CC1. The Morgan fingerprint density at radius 1 is 1.08 bits per heavy atom. The van der Waals surface area contributed by atoms with Crippen LogP contribution in [0.3, 0.4) is 0 Å². The first kappa shape index (κ1) is 17.6. The first-order chi connectivity index (χ1) is 11.9. The smallest absolute Gasteiger partial charge is 0.313 e. The molecule has 0 aliphatic carbocycles. The van der Waals surface area contributed by atoms with Crippen LogP contribution in [0.5, 0.6) is 0 Å². The van der Waals surface area contributed by atoms with Crippen molar-refractivity contribution in [3.05, 3.63) is 29.8 Å². The molecule has 7 nitrogen and oxygen atoms in total. The predicted octanol–water partition coefficient (Wildman–Crippen LogP) is 0.485. The van der Waals surface area contributed by atoms with Crippen molar-refractivity contribution in [3.8, 4) is 0 Å². The highest BCUT2D eigenvalue weighted by atomic mass is 19.2. The number of piperazine rings is 1. The minimum Gasteiger partial charge on any atom is -0.313 e. The summed E-state index contributed by atoms with van der Waals surface area (Å²) >= 11 is 0. The van der Waals surface area contributed by atoms with Gasteiger partial charge in [-0.15, -0.1) is 0 Å². The summed E-state index contributed by atoms with van der Waals surface area (Å²) < 4.78 is 26.4. The lowest BCUT2D eigenvalue weighted by Crippen LogP contribution is -2.54. The second-order valence-corrected chi connectivity index (χ2v) is 6.28. The molecule has 2 heterocycles. The topological polar surface area (TPSA) is 59.1 Å². The molecular formula is C16H21F2N5O2. The Morgan fingerprint density at radius 2 is 1.80 bits per heavy atom. The highest BCUT2D eigenvalue weighted by molar-refractivity contribution is 5.96. The molecule has 0 unspecified atom stereocenters. The summed E-state index contributed by atoms with van der Waals surface area (Å²) in [6, 6.07) is 2.94. The maximum absolute atomic E-state index is 13.4. The molecule has 136 valence electrons. The molecular weight excluding hydrogens is 332 g/mol. The van der Waals surface area contributed by atoms with Crippen LogP contribution in [0.25, 0.3) is 0 Å². The Hall–Kier alpha value is -2.26. The summed E-state index contributed by atoms with van der Waals surface area (Å²) in [5.41, 5.74) is 3.09. The van der Waals surface area contributed by atoms with E-state index in [0.717, 1.165) is 38.3 Å². The third-order valence-corrected chi connectivity index (χ3v) is 4.43. The first-order valence-corrected chi connectivity index (χ1v) is 8.18. The molecule has 0 spiro atoms. The number of halogens is 2. The minimum atomic E-state index is -1.00. The van der Waals surface area contributed by atoms with Gasteiger partial charge in [0.1, 0.15) is 6.54 Å². The van der Waals surface area contributed by atoms with E-state index in [-0.39, 0.29) is 24.2 Å². The zero-order valence-corrected chi connectivity index (χ0v) is 14.0.